The van der Waals surface area contributed by atoms with Gasteiger partial charge in [0.05, 0.1) is 17.5 Å². The van der Waals surface area contributed by atoms with Crippen molar-refractivity contribution >= 4 is 15.7 Å². The van der Waals surface area contributed by atoms with Crippen LogP contribution in [0.3, 0.4) is 0 Å². The van der Waals surface area contributed by atoms with Gasteiger partial charge in [0, 0.05) is 19.1 Å². The lowest BCUT2D eigenvalue weighted by Crippen LogP contribution is -2.36. The molecule has 21 heavy (non-hydrogen) atoms. The molecule has 0 saturated carbocycles. The first-order valence-electron chi connectivity index (χ1n) is 7.53. The maximum Gasteiger partial charge on any atom is 0.237 e. The van der Waals surface area contributed by atoms with Crippen LogP contribution in [-0.4, -0.2) is 40.0 Å². The van der Waals surface area contributed by atoms with E-state index in [0.29, 0.717) is 19.7 Å². The van der Waals surface area contributed by atoms with Gasteiger partial charge in [0.1, 0.15) is 0 Å². The summed E-state index contributed by atoms with van der Waals surface area (Å²) in [7, 11) is -3.34. The van der Waals surface area contributed by atoms with E-state index in [1.54, 1.807) is 4.31 Å². The van der Waals surface area contributed by atoms with Crippen molar-refractivity contribution in [2.24, 2.45) is 5.73 Å². The molecule has 1 saturated heterocycles. The molecule has 2 unspecified atom stereocenters. The molecule has 6 heteroatoms. The Morgan fingerprint density at radius 3 is 2.86 bits per heavy atom. The van der Waals surface area contributed by atoms with Gasteiger partial charge >= 0.3 is 0 Å². The highest BCUT2D eigenvalue weighted by Gasteiger charge is 2.36. The van der Waals surface area contributed by atoms with Gasteiger partial charge in [-0.15, -0.1) is 0 Å². The number of para-hydroxylation sites is 1. The molecule has 116 valence electrons. The number of nitrogens with two attached hydrogens (primary N) is 1. The molecule has 0 bridgehead atoms. The Balaban J connectivity index is 1.85. The SMILES string of the molecule is NCCC1CN(S(=O)(=O)CC2CCCO2)c2ccccc21. The zero-order valence-corrected chi connectivity index (χ0v) is 12.9. The van der Waals surface area contributed by atoms with Crippen molar-refractivity contribution < 1.29 is 13.2 Å². The van der Waals surface area contributed by atoms with E-state index in [1.807, 2.05) is 24.3 Å². The number of anilines is 1. The molecule has 0 aromatic heterocycles. The number of sulfonamides is 1. The molecule has 5 nitrogen and oxygen atoms in total. The van der Waals surface area contributed by atoms with Crippen molar-refractivity contribution in [1.82, 2.24) is 0 Å². The van der Waals surface area contributed by atoms with Gasteiger partial charge < -0.3 is 10.5 Å². The van der Waals surface area contributed by atoms with Crippen molar-refractivity contribution in [2.75, 3.05) is 29.8 Å². The molecule has 2 aliphatic heterocycles. The molecule has 0 spiro atoms. The highest BCUT2D eigenvalue weighted by molar-refractivity contribution is 7.92. The molecule has 1 fully saturated rings. The van der Waals surface area contributed by atoms with Crippen LogP contribution >= 0.6 is 0 Å². The lowest BCUT2D eigenvalue weighted by Gasteiger charge is -2.22. The molecule has 0 aliphatic carbocycles. The predicted molar refractivity (Wildman–Crippen MR) is 83.0 cm³/mol. The lowest BCUT2D eigenvalue weighted by molar-refractivity contribution is 0.127. The van der Waals surface area contributed by atoms with E-state index in [4.69, 9.17) is 10.5 Å². The second-order valence-electron chi connectivity index (χ2n) is 5.78. The number of hydrogen-bond donors (Lipinski definition) is 1. The zero-order valence-electron chi connectivity index (χ0n) is 12.1. The van der Waals surface area contributed by atoms with E-state index in [2.05, 4.69) is 0 Å². The molecule has 0 amide bonds. The molecular weight excluding hydrogens is 288 g/mol. The van der Waals surface area contributed by atoms with E-state index in [0.717, 1.165) is 30.5 Å². The third kappa shape index (κ3) is 2.93. The van der Waals surface area contributed by atoms with E-state index >= 15 is 0 Å². The molecule has 3 rings (SSSR count). The zero-order chi connectivity index (χ0) is 14.9. The average molecular weight is 310 g/mol. The van der Waals surface area contributed by atoms with Crippen LogP contribution < -0.4 is 10.0 Å². The van der Waals surface area contributed by atoms with Gasteiger partial charge in [-0.05, 0) is 37.4 Å². The highest BCUT2D eigenvalue weighted by Crippen LogP contribution is 2.39. The summed E-state index contributed by atoms with van der Waals surface area (Å²) in [6.07, 6.45) is 2.44. The van der Waals surface area contributed by atoms with E-state index < -0.39 is 10.0 Å². The number of rotatable bonds is 5. The van der Waals surface area contributed by atoms with E-state index in [9.17, 15) is 8.42 Å². The molecule has 2 aliphatic rings. The summed E-state index contributed by atoms with van der Waals surface area (Å²) in [5.41, 5.74) is 7.57. The van der Waals surface area contributed by atoms with Crippen LogP contribution in [0.15, 0.2) is 24.3 Å². The van der Waals surface area contributed by atoms with Gasteiger partial charge in [-0.25, -0.2) is 8.42 Å². The fourth-order valence-corrected chi connectivity index (χ4v) is 5.05. The first-order valence-corrected chi connectivity index (χ1v) is 9.14. The minimum atomic E-state index is -3.34. The normalized spacial score (nSPS) is 25.3. The summed E-state index contributed by atoms with van der Waals surface area (Å²) < 4.78 is 32.5. The molecule has 1 aromatic carbocycles. The highest BCUT2D eigenvalue weighted by atomic mass is 32.2. The van der Waals surface area contributed by atoms with Crippen molar-refractivity contribution in [3.8, 4) is 0 Å². The number of fused-ring (bicyclic) bond motifs is 1. The van der Waals surface area contributed by atoms with Gasteiger partial charge in [-0.1, -0.05) is 18.2 Å². The van der Waals surface area contributed by atoms with Crippen LogP contribution in [0.5, 0.6) is 0 Å². The summed E-state index contributed by atoms with van der Waals surface area (Å²) in [4.78, 5) is 0. The topological polar surface area (TPSA) is 72.6 Å². The number of nitrogens with zero attached hydrogens (tertiary/aromatic N) is 1. The van der Waals surface area contributed by atoms with Crippen molar-refractivity contribution in [3.63, 3.8) is 0 Å². The van der Waals surface area contributed by atoms with Crippen molar-refractivity contribution in [3.05, 3.63) is 29.8 Å². The quantitative estimate of drug-likeness (QED) is 0.893. The Hall–Kier alpha value is -1.11. The second-order valence-corrected chi connectivity index (χ2v) is 7.72. The van der Waals surface area contributed by atoms with Gasteiger partial charge in [0.25, 0.3) is 0 Å². The van der Waals surface area contributed by atoms with Crippen molar-refractivity contribution in [2.45, 2.75) is 31.3 Å². The van der Waals surface area contributed by atoms with Crippen molar-refractivity contribution in [1.29, 1.82) is 0 Å². The minimum absolute atomic E-state index is 0.0800. The lowest BCUT2D eigenvalue weighted by atomic mass is 9.98. The summed E-state index contributed by atoms with van der Waals surface area (Å²) >= 11 is 0. The molecule has 2 atom stereocenters. The average Bonchev–Trinajstić information content (AvgIpc) is 3.07. The Bertz CT molecular complexity index is 597. The molecule has 2 heterocycles. The number of benzene rings is 1. The van der Waals surface area contributed by atoms with Gasteiger partial charge in [0.15, 0.2) is 0 Å². The monoisotopic (exact) mass is 310 g/mol. The number of ether oxygens (including phenoxy) is 1. The van der Waals surface area contributed by atoms with Gasteiger partial charge in [-0.3, -0.25) is 4.31 Å². The van der Waals surface area contributed by atoms with Crippen LogP contribution in [0.25, 0.3) is 0 Å². The fourth-order valence-electron chi connectivity index (χ4n) is 3.27. The Morgan fingerprint density at radius 1 is 1.33 bits per heavy atom. The maximum absolute atomic E-state index is 12.7. The van der Waals surface area contributed by atoms with Crippen LogP contribution in [-0.2, 0) is 14.8 Å². The summed E-state index contributed by atoms with van der Waals surface area (Å²) in [6, 6.07) is 7.74. The maximum atomic E-state index is 12.7. The molecular formula is C15H22N2O3S. The Morgan fingerprint density at radius 2 is 2.14 bits per heavy atom. The van der Waals surface area contributed by atoms with E-state index in [-0.39, 0.29) is 17.8 Å². The predicted octanol–water partition coefficient (Wildman–Crippen LogP) is 1.45. The third-order valence-electron chi connectivity index (χ3n) is 4.30. The van der Waals surface area contributed by atoms with Crippen LogP contribution in [0, 0.1) is 0 Å². The van der Waals surface area contributed by atoms with Crippen LogP contribution in [0.2, 0.25) is 0 Å². The molecule has 1 aromatic rings. The number of hydrogen-bond acceptors (Lipinski definition) is 4. The summed E-state index contributed by atoms with van der Waals surface area (Å²) in [5.74, 6) is 0.280. The first-order chi connectivity index (χ1) is 10.1. The molecule has 0 radical (unpaired) electrons. The Labute approximate surface area is 126 Å². The first kappa shape index (κ1) is 14.8. The summed E-state index contributed by atoms with van der Waals surface area (Å²) in [6.45, 7) is 1.75. The van der Waals surface area contributed by atoms with Crippen LogP contribution in [0.4, 0.5) is 5.69 Å². The summed E-state index contributed by atoms with van der Waals surface area (Å²) in [5, 5.41) is 0. The Kier molecular flexibility index (Phi) is 4.19. The van der Waals surface area contributed by atoms with Gasteiger partial charge in [0.2, 0.25) is 10.0 Å². The van der Waals surface area contributed by atoms with E-state index in [1.165, 1.54) is 0 Å². The standard InChI is InChI=1S/C15H22N2O3S/c16-8-7-12-10-17(15-6-2-1-5-14(12)15)21(18,19)11-13-4-3-9-20-13/h1-2,5-6,12-13H,3-4,7-11,16H2. The largest absolute Gasteiger partial charge is 0.377 e. The second kappa shape index (κ2) is 5.94. The fraction of sp³-hybridized carbons (Fsp3) is 0.600. The smallest absolute Gasteiger partial charge is 0.237 e. The van der Waals surface area contributed by atoms with Crippen LogP contribution in [0.1, 0.15) is 30.7 Å². The minimum Gasteiger partial charge on any atom is -0.377 e. The molecule has 2 N–H and O–H groups in total. The third-order valence-corrected chi connectivity index (χ3v) is 6.11. The van der Waals surface area contributed by atoms with Gasteiger partial charge in [-0.2, -0.15) is 0 Å².